The Kier molecular flexibility index (Phi) is 2.75. The molecule has 0 bridgehead atoms. The van der Waals surface area contributed by atoms with Gasteiger partial charge in [-0.25, -0.2) is 4.98 Å². The van der Waals surface area contributed by atoms with Crippen molar-refractivity contribution in [3.63, 3.8) is 0 Å². The fraction of sp³-hybridized carbons (Fsp3) is 0.636. The zero-order chi connectivity index (χ0) is 10.8. The van der Waals surface area contributed by atoms with Gasteiger partial charge in [0.2, 0.25) is 5.76 Å². The summed E-state index contributed by atoms with van der Waals surface area (Å²) in [5, 5.41) is 0. The van der Waals surface area contributed by atoms with Crippen LogP contribution < -0.4 is 0 Å². The largest absolute Gasteiger partial charge is 0.438 e. The molecule has 1 saturated heterocycles. The lowest BCUT2D eigenvalue weighted by molar-refractivity contribution is 0.0759. The summed E-state index contributed by atoms with van der Waals surface area (Å²) in [6.07, 6.45) is 3.55. The maximum absolute atomic E-state index is 12.0. The van der Waals surface area contributed by atoms with Crippen LogP contribution in [0.25, 0.3) is 0 Å². The minimum Gasteiger partial charge on any atom is -0.438 e. The fourth-order valence-electron chi connectivity index (χ4n) is 1.89. The molecule has 1 amide bonds. The van der Waals surface area contributed by atoms with Crippen LogP contribution in [-0.2, 0) is 0 Å². The molecule has 15 heavy (non-hydrogen) atoms. The van der Waals surface area contributed by atoms with Gasteiger partial charge in [-0.05, 0) is 18.8 Å². The number of aromatic nitrogens is 1. The monoisotopic (exact) mass is 208 g/mol. The smallest absolute Gasteiger partial charge is 0.291 e. The van der Waals surface area contributed by atoms with Crippen LogP contribution in [-0.4, -0.2) is 28.9 Å². The van der Waals surface area contributed by atoms with E-state index in [1.807, 2.05) is 18.7 Å². The van der Waals surface area contributed by atoms with Gasteiger partial charge >= 0.3 is 0 Å². The normalized spacial score (nSPS) is 16.3. The van der Waals surface area contributed by atoms with Crippen molar-refractivity contribution in [3.05, 3.63) is 17.8 Å². The average molecular weight is 208 g/mol. The van der Waals surface area contributed by atoms with Crippen molar-refractivity contribution in [3.8, 4) is 0 Å². The first-order valence-electron chi connectivity index (χ1n) is 5.43. The number of oxazole rings is 1. The van der Waals surface area contributed by atoms with E-state index in [1.54, 1.807) is 0 Å². The fourth-order valence-corrected chi connectivity index (χ4v) is 1.89. The highest BCUT2D eigenvalue weighted by atomic mass is 16.3. The van der Waals surface area contributed by atoms with E-state index >= 15 is 0 Å². The summed E-state index contributed by atoms with van der Waals surface area (Å²) in [7, 11) is 0. The minimum absolute atomic E-state index is 0.00583. The van der Waals surface area contributed by atoms with E-state index in [1.165, 1.54) is 6.39 Å². The second-order valence-corrected chi connectivity index (χ2v) is 4.22. The average Bonchev–Trinajstić information content (AvgIpc) is 2.88. The Morgan fingerprint density at radius 1 is 1.47 bits per heavy atom. The number of amides is 1. The molecule has 1 aliphatic rings. The minimum atomic E-state index is -0.00583. The van der Waals surface area contributed by atoms with E-state index in [9.17, 15) is 4.79 Å². The standard InChI is InChI=1S/C11H16N2O2/c1-8(2)9-10(15-7-12-9)11(14)13-5-3-4-6-13/h7-8H,3-6H2,1-2H3. The molecule has 0 unspecified atom stereocenters. The second kappa shape index (κ2) is 4.04. The predicted octanol–water partition coefficient (Wildman–Crippen LogP) is 2.03. The van der Waals surface area contributed by atoms with E-state index in [2.05, 4.69) is 4.98 Å². The number of hydrogen-bond donors (Lipinski definition) is 0. The van der Waals surface area contributed by atoms with Crippen molar-refractivity contribution in [2.24, 2.45) is 0 Å². The number of nitrogens with zero attached hydrogens (tertiary/aromatic N) is 2. The van der Waals surface area contributed by atoms with Crippen LogP contribution >= 0.6 is 0 Å². The highest BCUT2D eigenvalue weighted by molar-refractivity contribution is 5.92. The van der Waals surface area contributed by atoms with Crippen molar-refractivity contribution in [1.82, 2.24) is 9.88 Å². The summed E-state index contributed by atoms with van der Waals surface area (Å²) in [5.41, 5.74) is 0.770. The molecule has 1 aliphatic heterocycles. The Labute approximate surface area is 89.3 Å². The molecule has 0 N–H and O–H groups in total. The van der Waals surface area contributed by atoms with E-state index in [0.29, 0.717) is 5.76 Å². The molecule has 0 aromatic carbocycles. The molecule has 2 rings (SSSR count). The van der Waals surface area contributed by atoms with Gasteiger partial charge < -0.3 is 9.32 Å². The van der Waals surface area contributed by atoms with Gasteiger partial charge in [0.1, 0.15) is 0 Å². The van der Waals surface area contributed by atoms with Gasteiger partial charge in [0.05, 0.1) is 5.69 Å². The second-order valence-electron chi connectivity index (χ2n) is 4.22. The summed E-state index contributed by atoms with van der Waals surface area (Å²) >= 11 is 0. The molecule has 1 aromatic heterocycles. The molecule has 82 valence electrons. The van der Waals surface area contributed by atoms with E-state index < -0.39 is 0 Å². The molecule has 4 nitrogen and oxygen atoms in total. The third-order valence-electron chi connectivity index (χ3n) is 2.73. The third kappa shape index (κ3) is 1.89. The number of rotatable bonds is 2. The Balaban J connectivity index is 2.20. The topological polar surface area (TPSA) is 46.3 Å². The molecule has 0 aliphatic carbocycles. The van der Waals surface area contributed by atoms with Crippen molar-refractivity contribution < 1.29 is 9.21 Å². The van der Waals surface area contributed by atoms with Crippen LogP contribution in [0, 0.1) is 0 Å². The first-order chi connectivity index (χ1) is 7.20. The van der Waals surface area contributed by atoms with Crippen molar-refractivity contribution in [2.75, 3.05) is 13.1 Å². The van der Waals surface area contributed by atoms with Gasteiger partial charge in [0.15, 0.2) is 6.39 Å². The first-order valence-corrected chi connectivity index (χ1v) is 5.43. The Bertz CT molecular complexity index is 351. The molecule has 0 atom stereocenters. The molecule has 4 heteroatoms. The van der Waals surface area contributed by atoms with Gasteiger partial charge in [-0.15, -0.1) is 0 Å². The SMILES string of the molecule is CC(C)c1ncoc1C(=O)N1CCCC1. The molecule has 1 aromatic rings. The lowest BCUT2D eigenvalue weighted by atomic mass is 10.1. The molecule has 0 radical (unpaired) electrons. The van der Waals surface area contributed by atoms with Crippen LogP contribution in [0.4, 0.5) is 0 Å². The number of carbonyl (C=O) groups excluding carboxylic acids is 1. The number of likely N-dealkylation sites (tertiary alicyclic amines) is 1. The predicted molar refractivity (Wildman–Crippen MR) is 55.7 cm³/mol. The zero-order valence-corrected chi connectivity index (χ0v) is 9.19. The van der Waals surface area contributed by atoms with Crippen molar-refractivity contribution in [2.45, 2.75) is 32.6 Å². The molecule has 0 spiro atoms. The van der Waals surface area contributed by atoms with Crippen LogP contribution in [0.1, 0.15) is 48.9 Å². The maximum atomic E-state index is 12.0. The first kappa shape index (κ1) is 10.2. The summed E-state index contributed by atoms with van der Waals surface area (Å²) in [4.78, 5) is 18.0. The highest BCUT2D eigenvalue weighted by Crippen LogP contribution is 2.20. The third-order valence-corrected chi connectivity index (χ3v) is 2.73. The van der Waals surface area contributed by atoms with Crippen LogP contribution in [0.2, 0.25) is 0 Å². The molecular weight excluding hydrogens is 192 g/mol. The lowest BCUT2D eigenvalue weighted by Gasteiger charge is -2.14. The molecule has 2 heterocycles. The maximum Gasteiger partial charge on any atom is 0.291 e. The van der Waals surface area contributed by atoms with Gasteiger partial charge in [0.25, 0.3) is 5.91 Å². The number of carbonyl (C=O) groups is 1. The van der Waals surface area contributed by atoms with E-state index in [4.69, 9.17) is 4.42 Å². The molecular formula is C11H16N2O2. The Morgan fingerprint density at radius 2 is 2.13 bits per heavy atom. The Morgan fingerprint density at radius 3 is 2.73 bits per heavy atom. The van der Waals surface area contributed by atoms with E-state index in [0.717, 1.165) is 31.6 Å². The lowest BCUT2D eigenvalue weighted by Crippen LogP contribution is -2.28. The van der Waals surface area contributed by atoms with Crippen molar-refractivity contribution in [1.29, 1.82) is 0 Å². The zero-order valence-electron chi connectivity index (χ0n) is 9.19. The van der Waals surface area contributed by atoms with Crippen LogP contribution in [0.5, 0.6) is 0 Å². The van der Waals surface area contributed by atoms with Gasteiger partial charge in [0, 0.05) is 13.1 Å². The Hall–Kier alpha value is -1.32. The van der Waals surface area contributed by atoms with Crippen LogP contribution in [0.15, 0.2) is 10.8 Å². The summed E-state index contributed by atoms with van der Waals surface area (Å²) in [6, 6.07) is 0. The molecule has 1 fully saturated rings. The number of hydrogen-bond acceptors (Lipinski definition) is 3. The quantitative estimate of drug-likeness (QED) is 0.747. The molecule has 0 saturated carbocycles. The van der Waals surface area contributed by atoms with Crippen molar-refractivity contribution >= 4 is 5.91 Å². The summed E-state index contributed by atoms with van der Waals surface area (Å²) in [5.74, 6) is 0.644. The summed E-state index contributed by atoms with van der Waals surface area (Å²) < 4.78 is 5.20. The van der Waals surface area contributed by atoms with Gasteiger partial charge in [-0.1, -0.05) is 13.8 Å². The van der Waals surface area contributed by atoms with Crippen LogP contribution in [0.3, 0.4) is 0 Å². The van der Waals surface area contributed by atoms with Gasteiger partial charge in [-0.2, -0.15) is 0 Å². The summed E-state index contributed by atoms with van der Waals surface area (Å²) in [6.45, 7) is 5.71. The van der Waals surface area contributed by atoms with Gasteiger partial charge in [-0.3, -0.25) is 4.79 Å². The van der Waals surface area contributed by atoms with E-state index in [-0.39, 0.29) is 11.8 Å². The highest BCUT2D eigenvalue weighted by Gasteiger charge is 2.26.